The van der Waals surface area contributed by atoms with Crippen LogP contribution in [-0.2, 0) is 11.2 Å². The van der Waals surface area contributed by atoms with Crippen LogP contribution in [0.15, 0.2) is 42.7 Å². The van der Waals surface area contributed by atoms with Gasteiger partial charge < -0.3 is 10.5 Å². The van der Waals surface area contributed by atoms with Crippen LogP contribution in [0.25, 0.3) is 11.1 Å². The Morgan fingerprint density at radius 2 is 2.21 bits per heavy atom. The molecule has 1 aliphatic heterocycles. The first kappa shape index (κ1) is 12.3. The average Bonchev–Trinajstić information content (AvgIpc) is 2.69. The van der Waals surface area contributed by atoms with Crippen LogP contribution < -0.4 is 5.73 Å². The van der Waals surface area contributed by atoms with Gasteiger partial charge in [-0.3, -0.25) is 4.98 Å². The van der Waals surface area contributed by atoms with Crippen LogP contribution in [0, 0.1) is 0 Å². The summed E-state index contributed by atoms with van der Waals surface area (Å²) in [6.07, 6.45) is 5.82. The number of aromatic nitrogens is 1. The molecule has 1 aromatic carbocycles. The van der Waals surface area contributed by atoms with Crippen LogP contribution in [-0.4, -0.2) is 18.1 Å². The molecule has 3 heteroatoms. The van der Waals surface area contributed by atoms with Crippen molar-refractivity contribution in [3.05, 3.63) is 53.9 Å². The molecule has 0 amide bonds. The molecule has 1 aliphatic rings. The van der Waals surface area contributed by atoms with Crippen LogP contribution >= 0.6 is 0 Å². The number of rotatable bonds is 2. The summed E-state index contributed by atoms with van der Waals surface area (Å²) in [4.78, 5) is 4.22. The number of ether oxygens (including phenoxy) is 1. The number of hydrogen-bond donors (Lipinski definition) is 1. The van der Waals surface area contributed by atoms with E-state index < -0.39 is 0 Å². The highest BCUT2D eigenvalue weighted by Crippen LogP contribution is 2.33. The van der Waals surface area contributed by atoms with E-state index in [1.165, 1.54) is 16.7 Å². The summed E-state index contributed by atoms with van der Waals surface area (Å²) in [7, 11) is 0. The maximum absolute atomic E-state index is 5.84. The van der Waals surface area contributed by atoms with E-state index in [1.807, 2.05) is 12.3 Å². The van der Waals surface area contributed by atoms with Gasteiger partial charge >= 0.3 is 0 Å². The Labute approximate surface area is 113 Å². The van der Waals surface area contributed by atoms with Gasteiger partial charge in [-0.15, -0.1) is 0 Å². The molecular weight excluding hydrogens is 236 g/mol. The molecule has 0 spiro atoms. The topological polar surface area (TPSA) is 48.1 Å². The fourth-order valence-corrected chi connectivity index (χ4v) is 2.74. The van der Waals surface area contributed by atoms with E-state index in [9.17, 15) is 0 Å². The smallest absolute Gasteiger partial charge is 0.0949 e. The van der Waals surface area contributed by atoms with Gasteiger partial charge in [0.25, 0.3) is 0 Å². The first-order valence-electron chi connectivity index (χ1n) is 6.74. The van der Waals surface area contributed by atoms with Gasteiger partial charge in [0.1, 0.15) is 0 Å². The van der Waals surface area contributed by atoms with Crippen molar-refractivity contribution in [2.45, 2.75) is 18.9 Å². The van der Waals surface area contributed by atoms with Crippen LogP contribution in [0.3, 0.4) is 0 Å². The molecular formula is C16H18N2O. The largest absolute Gasteiger partial charge is 0.372 e. The zero-order valence-corrected chi connectivity index (χ0v) is 10.9. The predicted molar refractivity (Wildman–Crippen MR) is 75.7 cm³/mol. The molecule has 1 atom stereocenters. The molecule has 0 saturated heterocycles. The molecule has 0 aliphatic carbocycles. The Hall–Kier alpha value is -1.71. The summed E-state index contributed by atoms with van der Waals surface area (Å²) in [6, 6.07) is 10.5. The van der Waals surface area contributed by atoms with Crippen LogP contribution in [0.4, 0.5) is 0 Å². The van der Waals surface area contributed by atoms with Gasteiger partial charge in [-0.05, 0) is 35.6 Å². The fourth-order valence-electron chi connectivity index (χ4n) is 2.74. The van der Waals surface area contributed by atoms with Gasteiger partial charge in [-0.1, -0.05) is 24.3 Å². The second-order valence-corrected chi connectivity index (χ2v) is 4.81. The fraction of sp³-hybridized carbons (Fsp3) is 0.312. The predicted octanol–water partition coefficient (Wildman–Crippen LogP) is 2.71. The van der Waals surface area contributed by atoms with Crippen LogP contribution in [0.2, 0.25) is 0 Å². The van der Waals surface area contributed by atoms with Gasteiger partial charge in [0, 0.05) is 31.1 Å². The minimum Gasteiger partial charge on any atom is -0.372 e. The zero-order valence-electron chi connectivity index (χ0n) is 10.9. The quantitative estimate of drug-likeness (QED) is 0.896. The molecule has 98 valence electrons. The molecule has 2 heterocycles. The van der Waals surface area contributed by atoms with E-state index in [0.29, 0.717) is 6.54 Å². The third-order valence-electron chi connectivity index (χ3n) is 3.64. The molecule has 0 radical (unpaired) electrons. The van der Waals surface area contributed by atoms with Crippen molar-refractivity contribution >= 4 is 0 Å². The van der Waals surface area contributed by atoms with E-state index in [1.54, 1.807) is 6.20 Å². The molecule has 1 aromatic heterocycles. The summed E-state index contributed by atoms with van der Waals surface area (Å²) in [5.41, 5.74) is 10.9. The zero-order chi connectivity index (χ0) is 13.1. The van der Waals surface area contributed by atoms with Crippen molar-refractivity contribution in [2.24, 2.45) is 5.73 Å². The van der Waals surface area contributed by atoms with Crippen molar-refractivity contribution in [3.8, 4) is 11.1 Å². The molecule has 0 fully saturated rings. The highest BCUT2D eigenvalue weighted by molar-refractivity contribution is 5.68. The number of pyridine rings is 1. The van der Waals surface area contributed by atoms with Gasteiger partial charge in [-0.2, -0.15) is 0 Å². The van der Waals surface area contributed by atoms with Gasteiger partial charge in [-0.25, -0.2) is 0 Å². The normalized spacial score (nSPS) is 18.7. The lowest BCUT2D eigenvalue weighted by molar-refractivity contribution is 0.0627. The van der Waals surface area contributed by atoms with E-state index in [4.69, 9.17) is 10.5 Å². The number of hydrogen-bond acceptors (Lipinski definition) is 3. The van der Waals surface area contributed by atoms with E-state index in [2.05, 4.69) is 29.2 Å². The van der Waals surface area contributed by atoms with E-state index in [0.717, 1.165) is 25.0 Å². The maximum atomic E-state index is 5.84. The summed E-state index contributed by atoms with van der Waals surface area (Å²) in [5.74, 6) is 0. The Morgan fingerprint density at radius 1 is 1.26 bits per heavy atom. The molecule has 2 aromatic rings. The summed E-state index contributed by atoms with van der Waals surface area (Å²) < 4.78 is 5.83. The van der Waals surface area contributed by atoms with Crippen LogP contribution in [0.1, 0.15) is 23.7 Å². The number of nitrogens with zero attached hydrogens (tertiary/aromatic N) is 1. The van der Waals surface area contributed by atoms with Crippen LogP contribution in [0.5, 0.6) is 0 Å². The van der Waals surface area contributed by atoms with Crippen molar-refractivity contribution in [1.82, 2.24) is 4.98 Å². The Balaban J connectivity index is 2.12. The first-order chi connectivity index (χ1) is 9.40. The minimum absolute atomic E-state index is 0.0223. The number of nitrogens with two attached hydrogens (primary N) is 1. The standard InChI is InChI=1S/C16H18N2O/c17-10-16-15-6-1-5-13(12-4-2-8-18-11-12)14(15)7-3-9-19-16/h1-2,4-6,8,11,16H,3,7,9-10,17H2/t16-/m1/s1. The third-order valence-corrected chi connectivity index (χ3v) is 3.64. The summed E-state index contributed by atoms with van der Waals surface area (Å²) in [5, 5.41) is 0. The van der Waals surface area contributed by atoms with E-state index in [-0.39, 0.29) is 6.10 Å². The second-order valence-electron chi connectivity index (χ2n) is 4.81. The van der Waals surface area contributed by atoms with Gasteiger partial charge in [0.05, 0.1) is 6.10 Å². The minimum atomic E-state index is 0.0223. The summed E-state index contributed by atoms with van der Waals surface area (Å²) in [6.45, 7) is 1.31. The number of benzene rings is 1. The lowest BCUT2D eigenvalue weighted by Crippen LogP contribution is -2.16. The Morgan fingerprint density at radius 3 is 3.00 bits per heavy atom. The first-order valence-corrected chi connectivity index (χ1v) is 6.74. The average molecular weight is 254 g/mol. The molecule has 0 saturated carbocycles. The molecule has 3 nitrogen and oxygen atoms in total. The monoisotopic (exact) mass is 254 g/mol. The molecule has 0 unspecified atom stereocenters. The SMILES string of the molecule is NC[C@H]1OCCCc2c(-c3cccnc3)cccc21. The lowest BCUT2D eigenvalue weighted by Gasteiger charge is -2.18. The van der Waals surface area contributed by atoms with E-state index >= 15 is 0 Å². The third kappa shape index (κ3) is 2.39. The van der Waals surface area contributed by atoms with Crippen molar-refractivity contribution < 1.29 is 4.74 Å². The highest BCUT2D eigenvalue weighted by atomic mass is 16.5. The van der Waals surface area contributed by atoms with Crippen molar-refractivity contribution in [3.63, 3.8) is 0 Å². The Bertz CT molecular complexity index is 554. The second kappa shape index (κ2) is 5.51. The molecule has 3 rings (SSSR count). The lowest BCUT2D eigenvalue weighted by atomic mass is 9.91. The number of fused-ring (bicyclic) bond motifs is 1. The maximum Gasteiger partial charge on any atom is 0.0949 e. The Kier molecular flexibility index (Phi) is 3.58. The molecule has 19 heavy (non-hydrogen) atoms. The molecule has 2 N–H and O–H groups in total. The van der Waals surface area contributed by atoms with Crippen molar-refractivity contribution in [1.29, 1.82) is 0 Å². The molecule has 0 bridgehead atoms. The van der Waals surface area contributed by atoms with Gasteiger partial charge in [0.15, 0.2) is 0 Å². The van der Waals surface area contributed by atoms with Gasteiger partial charge in [0.2, 0.25) is 0 Å². The highest BCUT2D eigenvalue weighted by Gasteiger charge is 2.20. The van der Waals surface area contributed by atoms with Crippen molar-refractivity contribution in [2.75, 3.05) is 13.2 Å². The summed E-state index contributed by atoms with van der Waals surface area (Å²) >= 11 is 0.